The van der Waals surface area contributed by atoms with Crippen molar-refractivity contribution in [2.24, 2.45) is 5.92 Å². The van der Waals surface area contributed by atoms with Crippen molar-refractivity contribution in [3.05, 3.63) is 72.4 Å². The fraction of sp³-hybridized carbons (Fsp3) is 0.200. The summed E-state index contributed by atoms with van der Waals surface area (Å²) in [5.74, 6) is -1.70. The number of sulfonamides is 1. The molecule has 1 spiro atoms. The molecule has 1 amide bonds. The number of rotatable bonds is 3. The van der Waals surface area contributed by atoms with Crippen LogP contribution in [0.1, 0.15) is 18.4 Å². The molecule has 1 saturated carbocycles. The van der Waals surface area contributed by atoms with Gasteiger partial charge in [-0.05, 0) is 36.6 Å². The van der Waals surface area contributed by atoms with E-state index in [1.807, 2.05) is 24.3 Å². The zero-order chi connectivity index (χ0) is 19.5. The molecule has 0 unspecified atom stereocenters. The van der Waals surface area contributed by atoms with Crippen LogP contribution in [0, 0.1) is 11.7 Å². The molecule has 142 valence electrons. The van der Waals surface area contributed by atoms with Crippen molar-refractivity contribution in [2.45, 2.75) is 23.3 Å². The van der Waals surface area contributed by atoms with Gasteiger partial charge in [0.15, 0.2) is 0 Å². The largest absolute Gasteiger partial charge is 0.320 e. The Bertz CT molecular complexity index is 1210. The Morgan fingerprint density at radius 2 is 1.96 bits per heavy atom. The summed E-state index contributed by atoms with van der Waals surface area (Å²) in [5.41, 5.74) is 2.85. The molecule has 1 fully saturated rings. The zero-order valence-corrected chi connectivity index (χ0v) is 15.5. The van der Waals surface area contributed by atoms with E-state index in [2.05, 4.69) is 14.3 Å². The lowest BCUT2D eigenvalue weighted by Gasteiger charge is -2.46. The average molecular weight is 397 g/mol. The van der Waals surface area contributed by atoms with Crippen LogP contribution < -0.4 is 4.72 Å². The van der Waals surface area contributed by atoms with Crippen molar-refractivity contribution in [3.63, 3.8) is 0 Å². The van der Waals surface area contributed by atoms with Gasteiger partial charge in [0.05, 0.1) is 28.7 Å². The fourth-order valence-electron chi connectivity index (χ4n) is 4.34. The molecule has 1 N–H and O–H groups in total. The lowest BCUT2D eigenvalue weighted by atomic mass is 9.64. The Balaban J connectivity index is 1.38. The molecule has 1 aliphatic heterocycles. The normalized spacial score (nSPS) is 22.4. The van der Waals surface area contributed by atoms with Gasteiger partial charge in [-0.2, -0.15) is 0 Å². The first-order valence-electron chi connectivity index (χ1n) is 8.86. The summed E-state index contributed by atoms with van der Waals surface area (Å²) < 4.78 is 42.3. The van der Waals surface area contributed by atoms with Crippen molar-refractivity contribution in [1.29, 1.82) is 0 Å². The van der Waals surface area contributed by atoms with Gasteiger partial charge < -0.3 is 4.57 Å². The van der Waals surface area contributed by atoms with E-state index in [9.17, 15) is 17.6 Å². The van der Waals surface area contributed by atoms with Crippen LogP contribution in [0.5, 0.6) is 0 Å². The van der Waals surface area contributed by atoms with Gasteiger partial charge in [-0.25, -0.2) is 22.5 Å². The molecule has 0 saturated heterocycles. The van der Waals surface area contributed by atoms with E-state index < -0.39 is 27.7 Å². The molecule has 0 bridgehead atoms. The number of carbonyl (C=O) groups is 1. The second-order valence-electron chi connectivity index (χ2n) is 7.26. The molecule has 2 heterocycles. The van der Waals surface area contributed by atoms with Gasteiger partial charge in [-0.3, -0.25) is 4.79 Å². The maximum atomic E-state index is 13.3. The fourth-order valence-corrected chi connectivity index (χ4v) is 5.42. The molecular formula is C20H16FN3O3S. The number of nitrogens with zero attached hydrogens (tertiary/aromatic N) is 2. The Hall–Kier alpha value is -3.00. The first-order valence-corrected chi connectivity index (χ1v) is 10.3. The first-order chi connectivity index (χ1) is 13.4. The monoisotopic (exact) mass is 397 g/mol. The molecule has 28 heavy (non-hydrogen) atoms. The Morgan fingerprint density at radius 3 is 2.75 bits per heavy atom. The van der Waals surface area contributed by atoms with Gasteiger partial charge >= 0.3 is 0 Å². The molecule has 0 radical (unpaired) electrons. The SMILES string of the molecule is O=C(NS(=O)(=O)c1cccc(F)c1)C1CC2(C1)c1ccccc1-c1cncn12. The number of carbonyl (C=O) groups excluding carboxylic acids is 1. The van der Waals surface area contributed by atoms with Gasteiger partial charge in [-0.15, -0.1) is 0 Å². The maximum Gasteiger partial charge on any atom is 0.264 e. The van der Waals surface area contributed by atoms with E-state index >= 15 is 0 Å². The van der Waals surface area contributed by atoms with Gasteiger partial charge in [0, 0.05) is 11.5 Å². The molecule has 1 aliphatic carbocycles. The molecule has 1 aromatic heterocycles. The highest BCUT2D eigenvalue weighted by molar-refractivity contribution is 7.90. The number of aromatic nitrogens is 2. The maximum absolute atomic E-state index is 13.3. The average Bonchev–Trinajstić information content (AvgIpc) is 3.19. The number of halogens is 1. The third-order valence-corrected chi connectivity index (χ3v) is 7.03. The number of hydrogen-bond donors (Lipinski definition) is 1. The van der Waals surface area contributed by atoms with E-state index in [1.54, 1.807) is 12.5 Å². The minimum atomic E-state index is -4.11. The van der Waals surface area contributed by atoms with Crippen LogP contribution in [0.25, 0.3) is 11.3 Å². The van der Waals surface area contributed by atoms with Gasteiger partial charge in [0.1, 0.15) is 5.82 Å². The minimum Gasteiger partial charge on any atom is -0.320 e. The van der Waals surface area contributed by atoms with Crippen LogP contribution in [0.15, 0.2) is 66.0 Å². The van der Waals surface area contributed by atoms with Crippen molar-refractivity contribution >= 4 is 15.9 Å². The van der Waals surface area contributed by atoms with Crippen LogP contribution in [0.2, 0.25) is 0 Å². The van der Waals surface area contributed by atoms with E-state index in [0.717, 1.165) is 29.0 Å². The summed E-state index contributed by atoms with van der Waals surface area (Å²) in [6.45, 7) is 0. The second-order valence-corrected chi connectivity index (χ2v) is 8.94. The lowest BCUT2D eigenvalue weighted by molar-refractivity contribution is -0.128. The quantitative estimate of drug-likeness (QED) is 0.737. The van der Waals surface area contributed by atoms with Crippen LogP contribution in [0.4, 0.5) is 4.39 Å². The van der Waals surface area contributed by atoms with Crippen molar-refractivity contribution in [1.82, 2.24) is 14.3 Å². The van der Waals surface area contributed by atoms with Gasteiger partial charge in [0.25, 0.3) is 10.0 Å². The van der Waals surface area contributed by atoms with Gasteiger partial charge in [-0.1, -0.05) is 30.3 Å². The van der Waals surface area contributed by atoms with E-state index in [-0.39, 0.29) is 10.4 Å². The Morgan fingerprint density at radius 1 is 1.18 bits per heavy atom. The highest BCUT2D eigenvalue weighted by atomic mass is 32.2. The highest BCUT2D eigenvalue weighted by Gasteiger charge is 2.54. The van der Waals surface area contributed by atoms with Crippen molar-refractivity contribution < 1.29 is 17.6 Å². The predicted molar refractivity (Wildman–Crippen MR) is 99.2 cm³/mol. The van der Waals surface area contributed by atoms with Crippen molar-refractivity contribution in [3.8, 4) is 11.3 Å². The summed E-state index contributed by atoms with van der Waals surface area (Å²) in [6, 6.07) is 12.6. The number of imidazole rings is 1. The van der Waals surface area contributed by atoms with E-state index in [4.69, 9.17) is 0 Å². The number of amides is 1. The summed E-state index contributed by atoms with van der Waals surface area (Å²) in [6.07, 6.45) is 4.53. The lowest BCUT2D eigenvalue weighted by Crippen LogP contribution is -2.51. The summed E-state index contributed by atoms with van der Waals surface area (Å²) in [4.78, 5) is 16.6. The third-order valence-electron chi connectivity index (χ3n) is 5.68. The van der Waals surface area contributed by atoms with Crippen LogP contribution in [0.3, 0.4) is 0 Å². The summed E-state index contributed by atoms with van der Waals surface area (Å²) in [5, 5.41) is 0. The minimum absolute atomic E-state index is 0.266. The first kappa shape index (κ1) is 17.1. The molecular weight excluding hydrogens is 381 g/mol. The van der Waals surface area contributed by atoms with Crippen LogP contribution in [-0.4, -0.2) is 23.9 Å². The molecule has 2 aromatic carbocycles. The topological polar surface area (TPSA) is 81.1 Å². The smallest absolute Gasteiger partial charge is 0.264 e. The van der Waals surface area contributed by atoms with E-state index in [1.165, 1.54) is 12.1 Å². The van der Waals surface area contributed by atoms with Crippen LogP contribution >= 0.6 is 0 Å². The Kier molecular flexibility index (Phi) is 3.51. The summed E-state index contributed by atoms with van der Waals surface area (Å²) in [7, 11) is -4.11. The molecule has 2 aliphatic rings. The van der Waals surface area contributed by atoms with E-state index in [0.29, 0.717) is 12.8 Å². The Labute approximate surface area is 161 Å². The highest BCUT2D eigenvalue weighted by Crippen LogP contribution is 2.56. The standard InChI is InChI=1S/C20H16FN3O3S/c21-14-4-3-5-15(8-14)28(26,27)23-19(25)13-9-20(10-13)17-7-2-1-6-16(17)18-11-22-12-24(18)20/h1-8,11-13H,9-10H2,(H,23,25). The van der Waals surface area contributed by atoms with Crippen LogP contribution in [-0.2, 0) is 20.4 Å². The summed E-state index contributed by atoms with van der Waals surface area (Å²) >= 11 is 0. The molecule has 3 aromatic rings. The third kappa shape index (κ3) is 2.34. The zero-order valence-electron chi connectivity index (χ0n) is 14.7. The number of benzene rings is 2. The predicted octanol–water partition coefficient (Wildman–Crippen LogP) is 2.66. The molecule has 5 rings (SSSR count). The van der Waals surface area contributed by atoms with Gasteiger partial charge in [0.2, 0.25) is 5.91 Å². The second kappa shape index (κ2) is 5.75. The number of nitrogens with one attached hydrogen (secondary N) is 1. The molecule has 0 atom stereocenters. The van der Waals surface area contributed by atoms with Crippen molar-refractivity contribution in [2.75, 3.05) is 0 Å². The number of hydrogen-bond acceptors (Lipinski definition) is 4. The molecule has 6 nitrogen and oxygen atoms in total. The molecule has 8 heteroatoms. The number of fused-ring (bicyclic) bond motifs is 5.